The van der Waals surface area contributed by atoms with E-state index in [2.05, 4.69) is 0 Å². The summed E-state index contributed by atoms with van der Waals surface area (Å²) < 4.78 is 15.7. The zero-order chi connectivity index (χ0) is 15.6. The van der Waals surface area contributed by atoms with E-state index in [-0.39, 0.29) is 18.1 Å². The number of fused-ring (bicyclic) bond motifs is 1. The van der Waals surface area contributed by atoms with Crippen molar-refractivity contribution in [3.05, 3.63) is 29.3 Å². The number of ether oxygens (including phenoxy) is 3. The predicted octanol–water partition coefficient (Wildman–Crippen LogP) is 2.73. The highest BCUT2D eigenvalue weighted by molar-refractivity contribution is 6.19. The van der Waals surface area contributed by atoms with Crippen LogP contribution < -0.4 is 9.47 Å². The molecule has 1 aliphatic heterocycles. The highest BCUT2D eigenvalue weighted by Gasteiger charge is 2.23. The lowest BCUT2D eigenvalue weighted by Gasteiger charge is -2.19. The average molecular weight is 290 g/mol. The molecule has 1 heterocycles. The third-order valence-electron chi connectivity index (χ3n) is 2.71. The molecule has 5 nitrogen and oxygen atoms in total. The lowest BCUT2D eigenvalue weighted by atomic mass is 10.1. The first-order chi connectivity index (χ1) is 9.76. The van der Waals surface area contributed by atoms with E-state index in [1.807, 2.05) is 0 Å². The van der Waals surface area contributed by atoms with Gasteiger partial charge in [0.1, 0.15) is 11.2 Å². The van der Waals surface area contributed by atoms with Crippen LogP contribution in [-0.2, 0) is 14.3 Å². The van der Waals surface area contributed by atoms with Crippen LogP contribution in [0.25, 0.3) is 6.08 Å². The summed E-state index contributed by atoms with van der Waals surface area (Å²) >= 11 is 0. The predicted molar refractivity (Wildman–Crippen MR) is 77.1 cm³/mol. The minimum absolute atomic E-state index is 0.00351. The monoisotopic (exact) mass is 290 g/mol. The molecule has 0 aromatic heterocycles. The van der Waals surface area contributed by atoms with Gasteiger partial charge in [-0.05, 0) is 51.5 Å². The minimum Gasteiger partial charge on any atom is -0.456 e. The van der Waals surface area contributed by atoms with Crippen molar-refractivity contribution in [2.45, 2.75) is 33.3 Å². The summed E-state index contributed by atoms with van der Waals surface area (Å²) in [7, 11) is 0. The molecule has 0 atom stereocenters. The number of ketones is 1. The van der Waals surface area contributed by atoms with E-state index in [1.165, 1.54) is 13.0 Å². The van der Waals surface area contributed by atoms with Crippen molar-refractivity contribution >= 4 is 17.8 Å². The second-order valence-corrected chi connectivity index (χ2v) is 5.73. The number of esters is 1. The van der Waals surface area contributed by atoms with E-state index < -0.39 is 11.6 Å². The number of carbonyl (C=O) groups is 2. The number of rotatable bonds is 3. The van der Waals surface area contributed by atoms with Crippen LogP contribution in [0, 0.1) is 0 Å². The Morgan fingerprint density at radius 3 is 2.48 bits per heavy atom. The second-order valence-electron chi connectivity index (χ2n) is 5.73. The fraction of sp³-hybridized carbons (Fsp3) is 0.375. The molecule has 1 aromatic carbocycles. The highest BCUT2D eigenvalue weighted by atomic mass is 16.7. The molecule has 0 saturated carbocycles. The maximum absolute atomic E-state index is 12.1. The van der Waals surface area contributed by atoms with Gasteiger partial charge >= 0.3 is 5.97 Å². The van der Waals surface area contributed by atoms with Gasteiger partial charge in [0, 0.05) is 0 Å². The van der Waals surface area contributed by atoms with Crippen LogP contribution >= 0.6 is 0 Å². The Labute approximate surface area is 123 Å². The van der Waals surface area contributed by atoms with Crippen molar-refractivity contribution in [1.29, 1.82) is 0 Å². The fourth-order valence-corrected chi connectivity index (χ4v) is 1.81. The number of benzene rings is 1. The van der Waals surface area contributed by atoms with Gasteiger partial charge < -0.3 is 14.2 Å². The average Bonchev–Trinajstić information content (AvgIpc) is 2.80. The van der Waals surface area contributed by atoms with Crippen LogP contribution in [0.5, 0.6) is 11.5 Å². The van der Waals surface area contributed by atoms with Gasteiger partial charge in [-0.1, -0.05) is 6.07 Å². The molecule has 112 valence electrons. The minimum atomic E-state index is -0.652. The Morgan fingerprint density at radius 2 is 1.86 bits per heavy atom. The summed E-state index contributed by atoms with van der Waals surface area (Å²) in [6.45, 7) is 6.77. The third kappa shape index (κ3) is 3.84. The van der Waals surface area contributed by atoms with Gasteiger partial charge in [0.2, 0.25) is 6.79 Å². The maximum atomic E-state index is 12.1. The Hall–Kier alpha value is -2.30. The van der Waals surface area contributed by atoms with Gasteiger partial charge in [-0.2, -0.15) is 0 Å². The molecule has 0 N–H and O–H groups in total. The number of hydrogen-bond acceptors (Lipinski definition) is 5. The lowest BCUT2D eigenvalue weighted by molar-refractivity contribution is -0.150. The van der Waals surface area contributed by atoms with E-state index in [0.29, 0.717) is 17.1 Å². The highest BCUT2D eigenvalue weighted by Crippen LogP contribution is 2.33. The zero-order valence-corrected chi connectivity index (χ0v) is 12.6. The first-order valence-corrected chi connectivity index (χ1v) is 6.62. The van der Waals surface area contributed by atoms with E-state index >= 15 is 0 Å². The largest absolute Gasteiger partial charge is 0.456 e. The number of hydrogen-bond donors (Lipinski definition) is 0. The van der Waals surface area contributed by atoms with Gasteiger partial charge in [-0.25, -0.2) is 4.79 Å². The van der Waals surface area contributed by atoms with E-state index in [1.54, 1.807) is 39.0 Å². The first kappa shape index (κ1) is 15.1. The summed E-state index contributed by atoms with van der Waals surface area (Å²) in [5.41, 5.74) is 0.0274. The van der Waals surface area contributed by atoms with Crippen molar-refractivity contribution in [1.82, 2.24) is 0 Å². The van der Waals surface area contributed by atoms with Gasteiger partial charge in [0.05, 0.1) is 0 Å². The molecule has 1 aliphatic rings. The van der Waals surface area contributed by atoms with Crippen LogP contribution in [0.3, 0.4) is 0 Å². The van der Waals surface area contributed by atoms with E-state index in [9.17, 15) is 9.59 Å². The molecule has 0 spiro atoms. The third-order valence-corrected chi connectivity index (χ3v) is 2.71. The lowest BCUT2D eigenvalue weighted by Crippen LogP contribution is -2.26. The summed E-state index contributed by atoms with van der Waals surface area (Å²) in [5, 5.41) is 0. The SMILES string of the molecule is CC(=O)C(=Cc1ccc2c(c1)OCO2)C(=O)OC(C)(C)C. The van der Waals surface area contributed by atoms with Gasteiger partial charge in [-0.15, -0.1) is 0 Å². The van der Waals surface area contributed by atoms with Crippen molar-refractivity contribution in [2.75, 3.05) is 6.79 Å². The second kappa shape index (κ2) is 5.60. The van der Waals surface area contributed by atoms with Crippen LogP contribution in [-0.4, -0.2) is 24.1 Å². The van der Waals surface area contributed by atoms with Crippen molar-refractivity contribution in [3.63, 3.8) is 0 Å². The van der Waals surface area contributed by atoms with Crippen LogP contribution in [0.4, 0.5) is 0 Å². The van der Waals surface area contributed by atoms with Gasteiger partial charge in [0.15, 0.2) is 17.3 Å². The normalized spacial score (nSPS) is 14.0. The molecule has 1 aromatic rings. The first-order valence-electron chi connectivity index (χ1n) is 6.62. The summed E-state index contributed by atoms with van der Waals surface area (Å²) in [4.78, 5) is 23.8. The topological polar surface area (TPSA) is 61.8 Å². The van der Waals surface area contributed by atoms with Crippen LogP contribution in [0.1, 0.15) is 33.3 Å². The molecule has 0 saturated heterocycles. The molecule has 21 heavy (non-hydrogen) atoms. The molecule has 0 unspecified atom stereocenters. The van der Waals surface area contributed by atoms with Crippen molar-refractivity contribution in [2.24, 2.45) is 0 Å². The summed E-state index contributed by atoms with van der Waals surface area (Å²) in [6.07, 6.45) is 1.50. The van der Waals surface area contributed by atoms with Crippen molar-refractivity contribution in [3.8, 4) is 11.5 Å². The van der Waals surface area contributed by atoms with E-state index in [4.69, 9.17) is 14.2 Å². The molecular formula is C16H18O5. The molecule has 0 amide bonds. The Balaban J connectivity index is 2.29. The van der Waals surface area contributed by atoms with Gasteiger partial charge in [0.25, 0.3) is 0 Å². The molecule has 0 radical (unpaired) electrons. The molecule has 0 aliphatic carbocycles. The molecule has 2 rings (SSSR count). The Bertz CT molecular complexity index is 608. The number of carbonyl (C=O) groups excluding carboxylic acids is 2. The maximum Gasteiger partial charge on any atom is 0.342 e. The number of Topliss-reactive ketones (excluding diaryl/α,β-unsaturated/α-hetero) is 1. The summed E-state index contributed by atoms with van der Waals surface area (Å²) in [5.74, 6) is 0.263. The molecule has 0 fully saturated rings. The van der Waals surface area contributed by atoms with Crippen LogP contribution in [0.2, 0.25) is 0 Å². The van der Waals surface area contributed by atoms with Crippen LogP contribution in [0.15, 0.2) is 23.8 Å². The van der Waals surface area contributed by atoms with Crippen molar-refractivity contribution < 1.29 is 23.8 Å². The molecule has 0 bridgehead atoms. The molecular weight excluding hydrogens is 272 g/mol. The zero-order valence-electron chi connectivity index (χ0n) is 12.6. The fourth-order valence-electron chi connectivity index (χ4n) is 1.81. The Kier molecular flexibility index (Phi) is 4.02. The standard InChI is InChI=1S/C16H18O5/c1-10(17)12(15(18)21-16(2,3)4)7-11-5-6-13-14(8-11)20-9-19-13/h5-8H,9H2,1-4H3. The Morgan fingerprint density at radius 1 is 1.19 bits per heavy atom. The quantitative estimate of drug-likeness (QED) is 0.371. The van der Waals surface area contributed by atoms with Gasteiger partial charge in [-0.3, -0.25) is 4.79 Å². The summed E-state index contributed by atoms with van der Waals surface area (Å²) in [6, 6.07) is 5.21. The molecule has 5 heteroatoms. The van der Waals surface area contributed by atoms with E-state index in [0.717, 1.165) is 0 Å². The smallest absolute Gasteiger partial charge is 0.342 e.